The zero-order valence-electron chi connectivity index (χ0n) is 17.3. The van der Waals surface area contributed by atoms with E-state index in [0.717, 1.165) is 32.7 Å². The largest absolute Gasteiger partial charge is 0.492 e. The highest BCUT2D eigenvalue weighted by atomic mass is 16.5. The third-order valence-corrected chi connectivity index (χ3v) is 5.41. The quantitative estimate of drug-likeness (QED) is 0.482. The Morgan fingerprint density at radius 2 is 1.68 bits per heavy atom. The molecule has 166 valence electrons. The van der Waals surface area contributed by atoms with E-state index in [9.17, 15) is 24.6 Å². The van der Waals surface area contributed by atoms with Gasteiger partial charge in [0.1, 0.15) is 29.3 Å². The minimum atomic E-state index is -1.55. The summed E-state index contributed by atoms with van der Waals surface area (Å²) in [5.41, 5.74) is 3.48. The lowest BCUT2D eigenvalue weighted by atomic mass is 9.94. The van der Waals surface area contributed by atoms with Crippen LogP contribution in [0.5, 0.6) is 5.75 Å². The first kappa shape index (κ1) is 22.3. The van der Waals surface area contributed by atoms with Crippen LogP contribution in [0.25, 0.3) is 11.1 Å². The number of para-hydroxylation sites is 1. The van der Waals surface area contributed by atoms with Gasteiger partial charge >= 0.3 is 11.9 Å². The number of nitrogen functional groups attached to an aromatic ring is 1. The van der Waals surface area contributed by atoms with E-state index in [1.54, 1.807) is 18.2 Å². The van der Waals surface area contributed by atoms with Crippen molar-refractivity contribution in [1.82, 2.24) is 14.8 Å². The number of likely N-dealkylation sites (N-methyl/N-ethyl adjacent to an activating group) is 1. The summed E-state index contributed by atoms with van der Waals surface area (Å²) in [6.07, 6.45) is 0. The minimum Gasteiger partial charge on any atom is -0.492 e. The molecule has 0 unspecified atom stereocenters. The molecule has 1 fully saturated rings. The molecule has 1 aliphatic heterocycles. The van der Waals surface area contributed by atoms with Crippen molar-refractivity contribution in [3.8, 4) is 16.9 Å². The lowest BCUT2D eigenvalue weighted by molar-refractivity contribution is 0.0695. The zero-order chi connectivity index (χ0) is 22.5. The summed E-state index contributed by atoms with van der Waals surface area (Å²) in [4.78, 5) is 42.6. The average Bonchev–Trinajstić information content (AvgIpc) is 2.73. The Hall–Kier alpha value is -3.37. The number of rotatable bonds is 8. The van der Waals surface area contributed by atoms with Crippen LogP contribution >= 0.6 is 0 Å². The first-order valence-corrected chi connectivity index (χ1v) is 10.0. The van der Waals surface area contributed by atoms with Gasteiger partial charge in [0.2, 0.25) is 0 Å². The Morgan fingerprint density at radius 1 is 1.06 bits per heavy atom. The second-order valence-corrected chi connectivity index (χ2v) is 7.22. The van der Waals surface area contributed by atoms with Crippen LogP contribution in [0, 0.1) is 0 Å². The number of hydrogen-bond acceptors (Lipinski definition) is 7. The molecule has 0 saturated carbocycles. The molecular formula is C21H26N4O6. The molecule has 10 nitrogen and oxygen atoms in total. The molecule has 3 rings (SSSR count). The van der Waals surface area contributed by atoms with Gasteiger partial charge in [0.05, 0.1) is 0 Å². The molecule has 1 aromatic carbocycles. The number of carbonyl (C=O) groups is 2. The minimum absolute atomic E-state index is 0.186. The fraction of sp³-hybridized carbons (Fsp3) is 0.381. The summed E-state index contributed by atoms with van der Waals surface area (Å²) in [7, 11) is 0. The summed E-state index contributed by atoms with van der Waals surface area (Å²) in [6, 6.07) is 6.43. The Labute approximate surface area is 178 Å². The molecule has 5 N–H and O–H groups in total. The second kappa shape index (κ2) is 9.63. The highest BCUT2D eigenvalue weighted by molar-refractivity contribution is 6.08. The predicted octanol–water partition coefficient (Wildman–Crippen LogP) is 1.04. The SMILES string of the molecule is CCN1CCN(CCOc2ccccc2-c2c(C(=O)O)c(N)[nH]c(=O)c2C(=O)O)CC1. The van der Waals surface area contributed by atoms with E-state index in [1.165, 1.54) is 6.07 Å². The Bertz CT molecular complexity index is 1030. The van der Waals surface area contributed by atoms with Crippen molar-refractivity contribution in [1.29, 1.82) is 0 Å². The number of pyridine rings is 1. The molecule has 31 heavy (non-hydrogen) atoms. The number of aromatic nitrogens is 1. The van der Waals surface area contributed by atoms with Gasteiger partial charge in [0, 0.05) is 43.9 Å². The number of hydrogen-bond donors (Lipinski definition) is 4. The van der Waals surface area contributed by atoms with E-state index in [1.807, 2.05) is 0 Å². The normalized spacial score (nSPS) is 15.0. The second-order valence-electron chi connectivity index (χ2n) is 7.22. The molecule has 2 heterocycles. The molecule has 2 aromatic rings. The molecule has 1 aromatic heterocycles. The van der Waals surface area contributed by atoms with E-state index in [4.69, 9.17) is 10.5 Å². The summed E-state index contributed by atoms with van der Waals surface area (Å²) in [6.45, 7) is 7.98. The van der Waals surface area contributed by atoms with Crippen LogP contribution < -0.4 is 16.0 Å². The number of benzene rings is 1. The van der Waals surface area contributed by atoms with Gasteiger partial charge in [-0.2, -0.15) is 0 Å². The molecule has 0 aliphatic carbocycles. The van der Waals surface area contributed by atoms with Crippen molar-refractivity contribution in [2.45, 2.75) is 6.92 Å². The summed E-state index contributed by atoms with van der Waals surface area (Å²) in [5, 5.41) is 19.2. The maximum atomic E-state index is 12.3. The molecule has 1 aliphatic rings. The van der Waals surface area contributed by atoms with Gasteiger partial charge in [-0.3, -0.25) is 9.69 Å². The first-order chi connectivity index (χ1) is 14.8. The number of carboxylic acid groups (broad SMARTS) is 2. The highest BCUT2D eigenvalue weighted by Gasteiger charge is 2.28. The molecule has 10 heteroatoms. The number of nitrogens with zero attached hydrogens (tertiary/aromatic N) is 2. The monoisotopic (exact) mass is 430 g/mol. The number of H-pyrrole nitrogens is 1. The van der Waals surface area contributed by atoms with Crippen LogP contribution in [-0.4, -0.2) is 82.8 Å². The van der Waals surface area contributed by atoms with Crippen molar-refractivity contribution in [2.75, 3.05) is 51.6 Å². The molecule has 0 bridgehead atoms. The maximum Gasteiger partial charge on any atom is 0.342 e. The number of carboxylic acids is 2. The Kier molecular flexibility index (Phi) is 6.93. The van der Waals surface area contributed by atoms with Gasteiger partial charge < -0.3 is 30.6 Å². The standard InChI is InChI=1S/C21H26N4O6/c1-2-24-7-9-25(10-8-24)11-12-31-14-6-4-3-5-13(14)15-16(20(27)28)18(22)23-19(26)17(15)21(29)30/h3-6H,2,7-12H2,1H3,(H,27,28)(H,29,30)(H3,22,23,26). The number of nitrogens with two attached hydrogens (primary N) is 1. The van der Waals surface area contributed by atoms with Gasteiger partial charge in [-0.05, 0) is 12.6 Å². The fourth-order valence-electron chi connectivity index (χ4n) is 3.73. The van der Waals surface area contributed by atoms with E-state index >= 15 is 0 Å². The van der Waals surface area contributed by atoms with Crippen LogP contribution in [0.1, 0.15) is 27.6 Å². The van der Waals surface area contributed by atoms with Crippen LogP contribution in [0.15, 0.2) is 29.1 Å². The molecular weight excluding hydrogens is 404 g/mol. The van der Waals surface area contributed by atoms with Crippen molar-refractivity contribution in [3.63, 3.8) is 0 Å². The Morgan fingerprint density at radius 3 is 2.29 bits per heavy atom. The van der Waals surface area contributed by atoms with Crippen LogP contribution in [0.4, 0.5) is 5.82 Å². The molecule has 0 radical (unpaired) electrons. The Balaban J connectivity index is 1.91. The molecule has 0 spiro atoms. The fourth-order valence-corrected chi connectivity index (χ4v) is 3.73. The highest BCUT2D eigenvalue weighted by Crippen LogP contribution is 2.35. The topological polar surface area (TPSA) is 149 Å². The van der Waals surface area contributed by atoms with Gasteiger partial charge in [0.15, 0.2) is 0 Å². The maximum absolute atomic E-state index is 12.3. The number of ether oxygens (including phenoxy) is 1. The number of anilines is 1. The van der Waals surface area contributed by atoms with Crippen molar-refractivity contribution in [2.24, 2.45) is 0 Å². The lowest BCUT2D eigenvalue weighted by Gasteiger charge is -2.33. The first-order valence-electron chi connectivity index (χ1n) is 10.0. The van der Waals surface area contributed by atoms with Crippen LogP contribution in [0.3, 0.4) is 0 Å². The van der Waals surface area contributed by atoms with Crippen molar-refractivity contribution >= 4 is 17.8 Å². The number of nitrogens with one attached hydrogen (secondary N) is 1. The number of aromatic carboxylic acids is 2. The lowest BCUT2D eigenvalue weighted by Crippen LogP contribution is -2.47. The van der Waals surface area contributed by atoms with Crippen molar-refractivity contribution < 1.29 is 24.5 Å². The van der Waals surface area contributed by atoms with E-state index in [0.29, 0.717) is 13.2 Å². The summed E-state index contributed by atoms with van der Waals surface area (Å²) < 4.78 is 5.90. The van der Waals surface area contributed by atoms with Gasteiger partial charge in [-0.1, -0.05) is 25.1 Å². The van der Waals surface area contributed by atoms with Gasteiger partial charge in [-0.25, -0.2) is 9.59 Å². The predicted molar refractivity (Wildman–Crippen MR) is 115 cm³/mol. The van der Waals surface area contributed by atoms with E-state index in [2.05, 4.69) is 21.7 Å². The van der Waals surface area contributed by atoms with Crippen LogP contribution in [-0.2, 0) is 0 Å². The van der Waals surface area contributed by atoms with Gasteiger partial charge in [0.25, 0.3) is 5.56 Å². The smallest absolute Gasteiger partial charge is 0.342 e. The van der Waals surface area contributed by atoms with Crippen LogP contribution in [0.2, 0.25) is 0 Å². The third kappa shape index (κ3) is 4.86. The summed E-state index contributed by atoms with van der Waals surface area (Å²) >= 11 is 0. The zero-order valence-corrected chi connectivity index (χ0v) is 17.3. The molecule has 0 amide bonds. The molecule has 1 saturated heterocycles. The average molecular weight is 430 g/mol. The molecule has 0 atom stereocenters. The van der Waals surface area contributed by atoms with E-state index in [-0.39, 0.29) is 16.9 Å². The number of piperazine rings is 1. The summed E-state index contributed by atoms with van der Waals surface area (Å²) in [5.74, 6) is -3.14. The van der Waals surface area contributed by atoms with E-state index < -0.39 is 34.4 Å². The number of aromatic amines is 1. The third-order valence-electron chi connectivity index (χ3n) is 5.41. The van der Waals surface area contributed by atoms with Gasteiger partial charge in [-0.15, -0.1) is 0 Å². The van der Waals surface area contributed by atoms with Crippen molar-refractivity contribution in [3.05, 3.63) is 45.7 Å².